The van der Waals surface area contributed by atoms with Gasteiger partial charge in [0.05, 0.1) is 35.8 Å². The molecule has 0 spiro atoms. The van der Waals surface area contributed by atoms with Crippen molar-refractivity contribution in [3.05, 3.63) is 65.4 Å². The lowest BCUT2D eigenvalue weighted by atomic mass is 10.0. The normalized spacial score (nSPS) is 15.6. The topological polar surface area (TPSA) is 113 Å². The number of hydrogen-bond acceptors (Lipinski definition) is 7. The van der Waals surface area contributed by atoms with Crippen molar-refractivity contribution in [2.24, 2.45) is 0 Å². The van der Waals surface area contributed by atoms with Crippen LogP contribution in [-0.4, -0.2) is 40.1 Å². The van der Waals surface area contributed by atoms with Gasteiger partial charge in [-0.15, -0.1) is 0 Å². The monoisotopic (exact) mass is 460 g/mol. The van der Waals surface area contributed by atoms with E-state index in [0.29, 0.717) is 35.8 Å². The molecule has 9 heteroatoms. The van der Waals surface area contributed by atoms with Crippen LogP contribution in [0.25, 0.3) is 11.1 Å². The molecule has 0 bridgehead atoms. The van der Waals surface area contributed by atoms with Crippen molar-refractivity contribution < 1.29 is 13.9 Å². The number of nitrogens with zero attached hydrogens (tertiary/aromatic N) is 4. The van der Waals surface area contributed by atoms with Gasteiger partial charge in [0.1, 0.15) is 17.6 Å². The fourth-order valence-electron chi connectivity index (χ4n) is 3.65. The molecule has 1 amide bonds. The van der Waals surface area contributed by atoms with Crippen molar-refractivity contribution in [1.82, 2.24) is 15.0 Å². The summed E-state index contributed by atoms with van der Waals surface area (Å²) in [5.74, 6) is 0.111. The summed E-state index contributed by atoms with van der Waals surface area (Å²) >= 11 is 0. The third-order valence-corrected chi connectivity index (χ3v) is 5.57. The molecule has 34 heavy (non-hydrogen) atoms. The van der Waals surface area contributed by atoms with Gasteiger partial charge in [-0.3, -0.25) is 14.8 Å². The molecule has 2 N–H and O–H groups in total. The van der Waals surface area contributed by atoms with Crippen molar-refractivity contribution in [1.29, 1.82) is 5.26 Å². The van der Waals surface area contributed by atoms with E-state index < -0.39 is 11.6 Å². The third kappa shape index (κ3) is 5.18. The molecule has 0 aliphatic carbocycles. The highest BCUT2D eigenvalue weighted by Gasteiger charge is 2.22. The van der Waals surface area contributed by atoms with Crippen LogP contribution in [0.5, 0.6) is 0 Å². The van der Waals surface area contributed by atoms with E-state index in [0.717, 1.165) is 17.7 Å². The Morgan fingerprint density at radius 1 is 1.24 bits per heavy atom. The van der Waals surface area contributed by atoms with E-state index in [1.165, 1.54) is 32.2 Å². The highest BCUT2D eigenvalue weighted by atomic mass is 19.1. The quantitative estimate of drug-likeness (QED) is 0.561. The SMILES string of the molecule is Cc1ncc(NC(=O)c2ccnc(C(C)(C)F)c2)cc1-c1cnc(N[C@@H]2CCOC2)c(C#N)c1. The standard InChI is InChI=1S/C25H25FN6O2/c1-15-21(18-8-17(11-27)23(30-12-18)31-19-5-7-34-14-19)10-20(13-29-15)32-24(33)16-4-6-28-22(9-16)25(2,3)26/h4,6,8-10,12-13,19H,5,7,14H2,1-3H3,(H,30,31)(H,32,33)/t19-/m1/s1. The Morgan fingerprint density at radius 2 is 2.06 bits per heavy atom. The summed E-state index contributed by atoms with van der Waals surface area (Å²) in [6.07, 6.45) is 5.49. The molecule has 3 aromatic rings. The first-order valence-electron chi connectivity index (χ1n) is 10.9. The molecular formula is C25H25FN6O2. The Morgan fingerprint density at radius 3 is 2.76 bits per heavy atom. The molecule has 174 valence electrons. The van der Waals surface area contributed by atoms with Gasteiger partial charge in [-0.1, -0.05) is 0 Å². The number of nitrogens with one attached hydrogen (secondary N) is 2. The molecule has 1 aliphatic rings. The lowest BCUT2D eigenvalue weighted by Gasteiger charge is -2.15. The van der Waals surface area contributed by atoms with Crippen LogP contribution in [0.3, 0.4) is 0 Å². The second-order valence-corrected chi connectivity index (χ2v) is 8.65. The molecule has 1 atom stereocenters. The predicted octanol–water partition coefficient (Wildman–Crippen LogP) is 4.38. The molecule has 0 saturated carbocycles. The summed E-state index contributed by atoms with van der Waals surface area (Å²) in [5, 5.41) is 15.7. The Bertz CT molecular complexity index is 1260. The lowest BCUT2D eigenvalue weighted by Crippen LogP contribution is -2.20. The fourth-order valence-corrected chi connectivity index (χ4v) is 3.65. The van der Waals surface area contributed by atoms with Gasteiger partial charge in [0, 0.05) is 41.4 Å². The van der Waals surface area contributed by atoms with Crippen LogP contribution in [0.15, 0.2) is 42.9 Å². The van der Waals surface area contributed by atoms with Crippen molar-refractivity contribution in [3.63, 3.8) is 0 Å². The van der Waals surface area contributed by atoms with E-state index in [1.54, 1.807) is 24.5 Å². The van der Waals surface area contributed by atoms with Crippen LogP contribution >= 0.6 is 0 Å². The highest BCUT2D eigenvalue weighted by Crippen LogP contribution is 2.28. The second kappa shape index (κ2) is 9.53. The molecular weight excluding hydrogens is 435 g/mol. The first-order chi connectivity index (χ1) is 16.2. The number of carbonyl (C=O) groups excluding carboxylic acids is 1. The van der Waals surface area contributed by atoms with Crippen LogP contribution in [0, 0.1) is 18.3 Å². The summed E-state index contributed by atoms with van der Waals surface area (Å²) < 4.78 is 19.6. The largest absolute Gasteiger partial charge is 0.379 e. The summed E-state index contributed by atoms with van der Waals surface area (Å²) in [6, 6.07) is 8.80. The highest BCUT2D eigenvalue weighted by molar-refractivity contribution is 6.04. The van der Waals surface area contributed by atoms with Crippen LogP contribution < -0.4 is 10.6 Å². The molecule has 4 heterocycles. The van der Waals surface area contributed by atoms with Gasteiger partial charge in [-0.25, -0.2) is 9.37 Å². The third-order valence-electron chi connectivity index (χ3n) is 5.57. The lowest BCUT2D eigenvalue weighted by molar-refractivity contribution is 0.102. The maximum absolute atomic E-state index is 14.2. The first kappa shape index (κ1) is 23.3. The van der Waals surface area contributed by atoms with Gasteiger partial charge >= 0.3 is 0 Å². The number of alkyl halides is 1. The number of hydrogen-bond donors (Lipinski definition) is 2. The van der Waals surface area contributed by atoms with E-state index in [-0.39, 0.29) is 17.3 Å². The van der Waals surface area contributed by atoms with Crippen LogP contribution in [-0.2, 0) is 10.4 Å². The van der Waals surface area contributed by atoms with Gasteiger partial charge in [0.2, 0.25) is 0 Å². The molecule has 0 aromatic carbocycles. The molecule has 8 nitrogen and oxygen atoms in total. The van der Waals surface area contributed by atoms with Gasteiger partial charge in [0.25, 0.3) is 5.91 Å². The minimum Gasteiger partial charge on any atom is -0.379 e. The van der Waals surface area contributed by atoms with E-state index in [9.17, 15) is 14.4 Å². The summed E-state index contributed by atoms with van der Waals surface area (Å²) in [6.45, 7) is 5.89. The molecule has 1 aliphatic heterocycles. The maximum atomic E-state index is 14.2. The number of aromatic nitrogens is 3. The van der Waals surface area contributed by atoms with Crippen molar-refractivity contribution >= 4 is 17.4 Å². The van der Waals surface area contributed by atoms with Crippen molar-refractivity contribution in [2.75, 3.05) is 23.8 Å². The Hall–Kier alpha value is -3.90. The average Bonchev–Trinajstić information content (AvgIpc) is 3.33. The molecule has 0 radical (unpaired) electrons. The van der Waals surface area contributed by atoms with Gasteiger partial charge in [-0.05, 0) is 51.5 Å². The maximum Gasteiger partial charge on any atom is 0.255 e. The summed E-state index contributed by atoms with van der Waals surface area (Å²) in [4.78, 5) is 25.6. The zero-order chi connectivity index (χ0) is 24.3. The molecule has 1 fully saturated rings. The van der Waals surface area contributed by atoms with Crippen LogP contribution in [0.1, 0.15) is 47.6 Å². The van der Waals surface area contributed by atoms with Gasteiger partial charge in [0.15, 0.2) is 0 Å². The van der Waals surface area contributed by atoms with Crippen LogP contribution in [0.4, 0.5) is 15.9 Å². The number of nitriles is 1. The number of pyridine rings is 3. The molecule has 0 unspecified atom stereocenters. The number of rotatable bonds is 6. The second-order valence-electron chi connectivity index (χ2n) is 8.65. The van der Waals surface area contributed by atoms with E-state index in [1.807, 2.05) is 6.92 Å². The van der Waals surface area contributed by atoms with Crippen LogP contribution in [0.2, 0.25) is 0 Å². The van der Waals surface area contributed by atoms with Crippen molar-refractivity contribution in [2.45, 2.75) is 38.9 Å². The fraction of sp³-hybridized carbons (Fsp3) is 0.320. The number of carbonyl (C=O) groups is 1. The van der Waals surface area contributed by atoms with Crippen molar-refractivity contribution in [3.8, 4) is 17.2 Å². The zero-order valence-electron chi connectivity index (χ0n) is 19.2. The predicted molar refractivity (Wildman–Crippen MR) is 126 cm³/mol. The Balaban J connectivity index is 1.58. The molecule has 1 saturated heterocycles. The first-order valence-corrected chi connectivity index (χ1v) is 10.9. The Labute approximate surface area is 197 Å². The van der Waals surface area contributed by atoms with Gasteiger partial charge in [-0.2, -0.15) is 5.26 Å². The van der Waals surface area contributed by atoms with Gasteiger partial charge < -0.3 is 15.4 Å². The Kier molecular flexibility index (Phi) is 6.52. The number of anilines is 2. The summed E-state index contributed by atoms with van der Waals surface area (Å²) in [5.41, 5.74) is 1.84. The zero-order valence-corrected chi connectivity index (χ0v) is 19.2. The number of halogens is 1. The minimum absolute atomic E-state index is 0.129. The van der Waals surface area contributed by atoms with E-state index in [4.69, 9.17) is 4.74 Å². The molecule has 4 rings (SSSR count). The average molecular weight is 461 g/mol. The number of ether oxygens (including phenoxy) is 1. The number of aryl methyl sites for hydroxylation is 1. The smallest absolute Gasteiger partial charge is 0.255 e. The summed E-state index contributed by atoms with van der Waals surface area (Å²) in [7, 11) is 0. The molecule has 3 aromatic heterocycles. The number of amides is 1. The minimum atomic E-state index is -1.66. The van der Waals surface area contributed by atoms with E-state index in [2.05, 4.69) is 31.7 Å². The van der Waals surface area contributed by atoms with E-state index >= 15 is 0 Å².